The summed E-state index contributed by atoms with van der Waals surface area (Å²) < 4.78 is 0. The lowest BCUT2D eigenvalue weighted by molar-refractivity contribution is 0.102. The number of aryl methyl sites for hydroxylation is 3. The Morgan fingerprint density at radius 2 is 1.85 bits per heavy atom. The molecule has 1 amide bonds. The SMILES string of the molecule is Cc1cc(C)c(NC(=O)c2cc(C#N)ccn2)c(C)c1. The Bertz CT molecular complexity index is 691. The summed E-state index contributed by atoms with van der Waals surface area (Å²) in [6.45, 7) is 5.92. The molecule has 20 heavy (non-hydrogen) atoms. The van der Waals surface area contributed by atoms with Crippen molar-refractivity contribution >= 4 is 11.6 Å². The van der Waals surface area contributed by atoms with Crippen LogP contribution < -0.4 is 5.32 Å². The van der Waals surface area contributed by atoms with Gasteiger partial charge < -0.3 is 5.32 Å². The van der Waals surface area contributed by atoms with Crippen molar-refractivity contribution in [2.75, 3.05) is 5.32 Å². The van der Waals surface area contributed by atoms with E-state index in [-0.39, 0.29) is 11.6 Å². The number of amides is 1. The monoisotopic (exact) mass is 265 g/mol. The molecule has 2 rings (SSSR count). The van der Waals surface area contributed by atoms with Crippen molar-refractivity contribution in [3.8, 4) is 6.07 Å². The van der Waals surface area contributed by atoms with Crippen LogP contribution in [0.4, 0.5) is 5.69 Å². The van der Waals surface area contributed by atoms with Gasteiger partial charge in [-0.3, -0.25) is 9.78 Å². The van der Waals surface area contributed by atoms with Crippen molar-refractivity contribution in [2.24, 2.45) is 0 Å². The largest absolute Gasteiger partial charge is 0.320 e. The summed E-state index contributed by atoms with van der Waals surface area (Å²) in [5, 5.41) is 11.7. The quantitative estimate of drug-likeness (QED) is 0.907. The molecule has 0 saturated carbocycles. The maximum Gasteiger partial charge on any atom is 0.274 e. The third-order valence-corrected chi connectivity index (χ3v) is 3.04. The molecule has 0 radical (unpaired) electrons. The zero-order valence-corrected chi connectivity index (χ0v) is 11.7. The minimum Gasteiger partial charge on any atom is -0.320 e. The van der Waals surface area contributed by atoms with Gasteiger partial charge in [-0.2, -0.15) is 5.26 Å². The van der Waals surface area contributed by atoms with Crippen molar-refractivity contribution in [3.63, 3.8) is 0 Å². The van der Waals surface area contributed by atoms with Gasteiger partial charge >= 0.3 is 0 Å². The maximum absolute atomic E-state index is 12.2. The highest BCUT2D eigenvalue weighted by Crippen LogP contribution is 2.22. The first-order valence-electron chi connectivity index (χ1n) is 6.26. The standard InChI is InChI=1S/C16H15N3O/c1-10-6-11(2)15(12(3)7-10)19-16(20)14-8-13(9-17)4-5-18-14/h4-8H,1-3H3,(H,19,20). The van der Waals surface area contributed by atoms with E-state index in [1.54, 1.807) is 6.07 Å². The highest BCUT2D eigenvalue weighted by atomic mass is 16.1. The zero-order valence-electron chi connectivity index (χ0n) is 11.7. The predicted octanol–water partition coefficient (Wildman–Crippen LogP) is 3.13. The van der Waals surface area contributed by atoms with Crippen LogP contribution in [0.15, 0.2) is 30.5 Å². The van der Waals surface area contributed by atoms with Gasteiger partial charge in [-0.05, 0) is 44.0 Å². The number of hydrogen-bond donors (Lipinski definition) is 1. The molecule has 1 N–H and O–H groups in total. The normalized spacial score (nSPS) is 9.90. The van der Waals surface area contributed by atoms with E-state index in [2.05, 4.69) is 10.3 Å². The van der Waals surface area contributed by atoms with E-state index < -0.39 is 0 Å². The minimum absolute atomic E-state index is 0.239. The van der Waals surface area contributed by atoms with Gasteiger partial charge in [0.25, 0.3) is 5.91 Å². The Morgan fingerprint density at radius 1 is 1.20 bits per heavy atom. The van der Waals surface area contributed by atoms with Crippen molar-refractivity contribution in [1.29, 1.82) is 5.26 Å². The molecule has 0 aliphatic rings. The number of nitriles is 1. The van der Waals surface area contributed by atoms with Crippen LogP contribution in [0.5, 0.6) is 0 Å². The first-order chi connectivity index (χ1) is 9.51. The number of benzene rings is 1. The Hall–Kier alpha value is -2.67. The van der Waals surface area contributed by atoms with E-state index in [9.17, 15) is 4.79 Å². The van der Waals surface area contributed by atoms with Gasteiger partial charge in [0.1, 0.15) is 5.69 Å². The molecule has 0 bridgehead atoms. The van der Waals surface area contributed by atoms with Crippen molar-refractivity contribution in [3.05, 3.63) is 58.4 Å². The fourth-order valence-corrected chi connectivity index (χ4v) is 2.18. The number of nitrogens with one attached hydrogen (secondary N) is 1. The molecule has 0 aliphatic carbocycles. The average molecular weight is 265 g/mol. The van der Waals surface area contributed by atoms with Crippen LogP contribution in [0, 0.1) is 32.1 Å². The molecule has 0 spiro atoms. The Balaban J connectivity index is 2.31. The van der Waals surface area contributed by atoms with Crippen LogP contribution in [0.3, 0.4) is 0 Å². The molecule has 0 atom stereocenters. The van der Waals surface area contributed by atoms with Gasteiger partial charge in [0.2, 0.25) is 0 Å². The lowest BCUT2D eigenvalue weighted by atomic mass is 10.0. The fraction of sp³-hybridized carbons (Fsp3) is 0.188. The number of carbonyl (C=O) groups excluding carboxylic acids is 1. The number of anilines is 1. The number of carbonyl (C=O) groups is 1. The van der Waals surface area contributed by atoms with Crippen molar-refractivity contribution < 1.29 is 4.79 Å². The molecule has 4 nitrogen and oxygen atoms in total. The van der Waals surface area contributed by atoms with Crippen molar-refractivity contribution in [1.82, 2.24) is 4.98 Å². The van der Waals surface area contributed by atoms with Gasteiger partial charge in [-0.25, -0.2) is 0 Å². The van der Waals surface area contributed by atoms with Crippen LogP contribution in [-0.4, -0.2) is 10.9 Å². The van der Waals surface area contributed by atoms with E-state index >= 15 is 0 Å². The summed E-state index contributed by atoms with van der Waals surface area (Å²) in [4.78, 5) is 16.2. The second kappa shape index (κ2) is 5.54. The Labute approximate surface area is 118 Å². The van der Waals surface area contributed by atoms with Crippen LogP contribution in [0.25, 0.3) is 0 Å². The summed E-state index contributed by atoms with van der Waals surface area (Å²) in [7, 11) is 0. The third-order valence-electron chi connectivity index (χ3n) is 3.04. The number of nitrogens with zero attached hydrogens (tertiary/aromatic N) is 2. The molecule has 0 aliphatic heterocycles. The molecule has 0 saturated heterocycles. The second-order valence-electron chi connectivity index (χ2n) is 4.77. The topological polar surface area (TPSA) is 65.8 Å². The maximum atomic E-state index is 12.2. The molecule has 4 heteroatoms. The lowest BCUT2D eigenvalue weighted by Crippen LogP contribution is -2.15. The second-order valence-corrected chi connectivity index (χ2v) is 4.77. The summed E-state index contributed by atoms with van der Waals surface area (Å²) in [6.07, 6.45) is 1.46. The van der Waals surface area contributed by atoms with Crippen molar-refractivity contribution in [2.45, 2.75) is 20.8 Å². The molecule has 1 aromatic carbocycles. The predicted molar refractivity (Wildman–Crippen MR) is 77.6 cm³/mol. The van der Waals surface area contributed by atoms with E-state index in [0.29, 0.717) is 5.56 Å². The molecular weight excluding hydrogens is 250 g/mol. The smallest absolute Gasteiger partial charge is 0.274 e. The van der Waals surface area contributed by atoms with Gasteiger partial charge in [-0.1, -0.05) is 17.7 Å². The van der Waals surface area contributed by atoms with E-state index in [1.807, 2.05) is 39.0 Å². The Kier molecular flexibility index (Phi) is 3.81. The first-order valence-corrected chi connectivity index (χ1v) is 6.26. The van der Waals surface area contributed by atoms with Gasteiger partial charge in [-0.15, -0.1) is 0 Å². The van der Waals surface area contributed by atoms with Crippen LogP contribution >= 0.6 is 0 Å². The summed E-state index contributed by atoms with van der Waals surface area (Å²) in [5.41, 5.74) is 4.62. The molecule has 1 heterocycles. The lowest BCUT2D eigenvalue weighted by Gasteiger charge is -2.12. The number of aromatic nitrogens is 1. The highest BCUT2D eigenvalue weighted by Gasteiger charge is 2.11. The summed E-state index contributed by atoms with van der Waals surface area (Å²) in [5.74, 6) is -0.308. The molecular formula is C16H15N3O. The van der Waals surface area contributed by atoms with Gasteiger partial charge in [0.05, 0.1) is 11.6 Å². The summed E-state index contributed by atoms with van der Waals surface area (Å²) >= 11 is 0. The first kappa shape index (κ1) is 13.8. The third kappa shape index (κ3) is 2.83. The number of hydrogen-bond acceptors (Lipinski definition) is 3. The van der Waals surface area contributed by atoms with Crippen LogP contribution in [0.1, 0.15) is 32.7 Å². The average Bonchev–Trinajstić information content (AvgIpc) is 2.42. The Morgan fingerprint density at radius 3 is 2.45 bits per heavy atom. The van der Waals surface area contributed by atoms with Gasteiger partial charge in [0, 0.05) is 11.9 Å². The zero-order chi connectivity index (χ0) is 14.7. The molecule has 1 aromatic heterocycles. The van der Waals surface area contributed by atoms with Crippen LogP contribution in [-0.2, 0) is 0 Å². The van der Waals surface area contributed by atoms with Crippen LogP contribution in [0.2, 0.25) is 0 Å². The molecule has 100 valence electrons. The van der Waals surface area contributed by atoms with E-state index in [1.165, 1.54) is 12.3 Å². The van der Waals surface area contributed by atoms with Gasteiger partial charge in [0.15, 0.2) is 0 Å². The molecule has 0 unspecified atom stereocenters. The fourth-order valence-electron chi connectivity index (χ4n) is 2.18. The molecule has 2 aromatic rings. The summed E-state index contributed by atoms with van der Waals surface area (Å²) in [6, 6.07) is 9.08. The number of pyridine rings is 1. The van der Waals surface area contributed by atoms with E-state index in [0.717, 1.165) is 22.4 Å². The van der Waals surface area contributed by atoms with E-state index in [4.69, 9.17) is 5.26 Å². The minimum atomic E-state index is -0.308. The highest BCUT2D eigenvalue weighted by molar-refractivity contribution is 6.03. The molecule has 0 fully saturated rings. The number of rotatable bonds is 2.